The van der Waals surface area contributed by atoms with Crippen LogP contribution in [0.15, 0.2) is 71.9 Å². The summed E-state index contributed by atoms with van der Waals surface area (Å²) < 4.78 is 20.8. The number of benzene rings is 2. The van der Waals surface area contributed by atoms with Gasteiger partial charge in [-0.1, -0.05) is 24.3 Å². The monoisotopic (exact) mass is 504 g/mol. The lowest BCUT2D eigenvalue weighted by atomic mass is 10.0. The van der Waals surface area contributed by atoms with E-state index >= 15 is 0 Å². The van der Waals surface area contributed by atoms with Gasteiger partial charge >= 0.3 is 0 Å². The molecular formula is C28H29FN4O2S. The molecule has 2 aromatic carbocycles. The highest BCUT2D eigenvalue weighted by Gasteiger charge is 2.27. The minimum Gasteiger partial charge on any atom is -0.453 e. The summed E-state index contributed by atoms with van der Waals surface area (Å²) in [6, 6.07) is 16.1. The molecule has 2 aromatic heterocycles. The van der Waals surface area contributed by atoms with Crippen molar-refractivity contribution in [2.45, 2.75) is 42.4 Å². The van der Waals surface area contributed by atoms with Crippen molar-refractivity contribution in [2.75, 3.05) is 13.1 Å². The molecular weight excluding hydrogens is 475 g/mol. The minimum absolute atomic E-state index is 0.0824. The van der Waals surface area contributed by atoms with Crippen molar-refractivity contribution in [2.24, 2.45) is 5.73 Å². The number of nitrogens with zero attached hydrogens (tertiary/aromatic N) is 2. The molecule has 0 bridgehead atoms. The van der Waals surface area contributed by atoms with E-state index in [1.165, 1.54) is 11.0 Å². The Labute approximate surface area is 214 Å². The van der Waals surface area contributed by atoms with Gasteiger partial charge in [0, 0.05) is 35.6 Å². The van der Waals surface area contributed by atoms with Gasteiger partial charge in [-0.3, -0.25) is 4.79 Å². The number of likely N-dealkylation sites (tertiary alicyclic amines) is 1. The number of thioether (sulfide) groups is 1. The molecule has 3 heterocycles. The second-order valence-corrected chi connectivity index (χ2v) is 10.5. The molecule has 1 saturated heterocycles. The van der Waals surface area contributed by atoms with E-state index in [-0.39, 0.29) is 18.1 Å². The van der Waals surface area contributed by atoms with E-state index in [1.807, 2.05) is 48.0 Å². The van der Waals surface area contributed by atoms with E-state index in [1.54, 1.807) is 24.4 Å². The molecule has 8 heteroatoms. The SMILES string of the molecule is Cc1c[nH]c2nccc(Oc3ccc(C[C@H](N)C(=O)N4CCC(Sc5ccccc5)CC4)cc3F)c12. The van der Waals surface area contributed by atoms with Crippen LogP contribution in [0.5, 0.6) is 11.5 Å². The molecule has 1 atom stereocenters. The third-order valence-corrected chi connectivity index (χ3v) is 7.87. The first kappa shape index (κ1) is 24.3. The van der Waals surface area contributed by atoms with Crippen molar-refractivity contribution >= 4 is 28.7 Å². The zero-order chi connectivity index (χ0) is 25.1. The Morgan fingerprint density at radius 1 is 1.19 bits per heavy atom. The lowest BCUT2D eigenvalue weighted by Crippen LogP contribution is -2.48. The summed E-state index contributed by atoms with van der Waals surface area (Å²) in [5.74, 6) is 0.0703. The van der Waals surface area contributed by atoms with E-state index in [0.29, 0.717) is 35.3 Å². The first-order valence-corrected chi connectivity index (χ1v) is 13.0. The van der Waals surface area contributed by atoms with Crippen molar-refractivity contribution in [3.05, 3.63) is 83.9 Å². The number of carbonyl (C=O) groups excluding carboxylic acids is 1. The molecule has 0 unspecified atom stereocenters. The Morgan fingerprint density at radius 2 is 1.97 bits per heavy atom. The number of aryl methyl sites for hydroxylation is 1. The van der Waals surface area contributed by atoms with Gasteiger partial charge in [-0.15, -0.1) is 11.8 Å². The van der Waals surface area contributed by atoms with E-state index < -0.39 is 11.9 Å². The van der Waals surface area contributed by atoms with E-state index in [0.717, 1.165) is 23.8 Å². The second-order valence-electron chi connectivity index (χ2n) is 9.14. The van der Waals surface area contributed by atoms with Gasteiger partial charge in [0.25, 0.3) is 0 Å². The van der Waals surface area contributed by atoms with E-state index in [9.17, 15) is 9.18 Å². The van der Waals surface area contributed by atoms with Crippen molar-refractivity contribution in [1.82, 2.24) is 14.9 Å². The molecule has 0 saturated carbocycles. The third-order valence-electron chi connectivity index (χ3n) is 6.52. The summed E-state index contributed by atoms with van der Waals surface area (Å²) in [4.78, 5) is 23.4. The highest BCUT2D eigenvalue weighted by atomic mass is 32.2. The number of rotatable bonds is 7. The lowest BCUT2D eigenvalue weighted by molar-refractivity contribution is -0.133. The van der Waals surface area contributed by atoms with Crippen LogP contribution in [0, 0.1) is 12.7 Å². The number of hydrogen-bond acceptors (Lipinski definition) is 5. The number of nitrogens with one attached hydrogen (secondary N) is 1. The van der Waals surface area contributed by atoms with Gasteiger partial charge in [-0.25, -0.2) is 9.37 Å². The number of H-pyrrole nitrogens is 1. The first-order chi connectivity index (χ1) is 17.5. The maximum absolute atomic E-state index is 14.9. The lowest BCUT2D eigenvalue weighted by Gasteiger charge is -2.33. The van der Waals surface area contributed by atoms with Gasteiger partial charge in [0.05, 0.1) is 11.4 Å². The number of ether oxygens (including phenoxy) is 1. The fraction of sp³-hybridized carbons (Fsp3) is 0.286. The van der Waals surface area contributed by atoms with Gasteiger partial charge in [0.15, 0.2) is 11.6 Å². The quantitative estimate of drug-likeness (QED) is 0.349. The highest BCUT2D eigenvalue weighted by Crippen LogP contribution is 2.33. The number of carbonyl (C=O) groups is 1. The van der Waals surface area contributed by atoms with Crippen molar-refractivity contribution in [3.63, 3.8) is 0 Å². The van der Waals surface area contributed by atoms with Crippen LogP contribution >= 0.6 is 11.8 Å². The molecule has 1 fully saturated rings. The predicted molar refractivity (Wildman–Crippen MR) is 141 cm³/mol. The molecule has 5 rings (SSSR count). The number of fused-ring (bicyclic) bond motifs is 1. The van der Waals surface area contributed by atoms with Crippen LogP contribution in [-0.4, -0.2) is 45.2 Å². The van der Waals surface area contributed by atoms with Crippen molar-refractivity contribution in [3.8, 4) is 11.5 Å². The summed E-state index contributed by atoms with van der Waals surface area (Å²) in [6.45, 7) is 3.32. The molecule has 1 aliphatic rings. The molecule has 36 heavy (non-hydrogen) atoms. The number of hydrogen-bond donors (Lipinski definition) is 2. The topological polar surface area (TPSA) is 84.2 Å². The number of aromatic amines is 1. The average molecular weight is 505 g/mol. The van der Waals surface area contributed by atoms with Gasteiger partial charge in [-0.05, 0) is 67.6 Å². The number of nitrogens with two attached hydrogens (primary N) is 1. The fourth-order valence-corrected chi connectivity index (χ4v) is 5.75. The normalized spacial score (nSPS) is 15.2. The summed E-state index contributed by atoms with van der Waals surface area (Å²) in [7, 11) is 0. The summed E-state index contributed by atoms with van der Waals surface area (Å²) in [5, 5.41) is 1.31. The zero-order valence-electron chi connectivity index (χ0n) is 20.1. The Kier molecular flexibility index (Phi) is 7.25. The number of piperidine rings is 1. The number of pyridine rings is 1. The Bertz CT molecular complexity index is 1350. The van der Waals surface area contributed by atoms with Gasteiger partial charge in [0.1, 0.15) is 11.4 Å². The standard InChI is InChI=1S/C28H29FN4O2S/c1-18-17-32-27-26(18)25(9-12-31-27)35-24-8-7-19(15-22(24)29)16-23(30)28(34)33-13-10-21(11-14-33)36-20-5-3-2-4-6-20/h2-9,12,15,17,21,23H,10-11,13-14,16,30H2,1H3,(H,31,32)/t23-/m0/s1. The Hall–Kier alpha value is -3.36. The van der Waals surface area contributed by atoms with E-state index in [2.05, 4.69) is 22.1 Å². The van der Waals surface area contributed by atoms with Gasteiger partial charge < -0.3 is 20.4 Å². The smallest absolute Gasteiger partial charge is 0.239 e. The molecule has 0 radical (unpaired) electrons. The van der Waals surface area contributed by atoms with Gasteiger partial charge in [-0.2, -0.15) is 0 Å². The molecule has 3 N–H and O–H groups in total. The number of halogens is 1. The third kappa shape index (κ3) is 5.39. The van der Waals surface area contributed by atoms with Gasteiger partial charge in [0.2, 0.25) is 5.91 Å². The summed E-state index contributed by atoms with van der Waals surface area (Å²) in [5.41, 5.74) is 8.58. The molecule has 0 spiro atoms. The Balaban J connectivity index is 1.17. The van der Waals surface area contributed by atoms with Crippen LogP contribution in [0.4, 0.5) is 4.39 Å². The maximum Gasteiger partial charge on any atom is 0.239 e. The number of aromatic nitrogens is 2. The summed E-state index contributed by atoms with van der Waals surface area (Å²) in [6.07, 6.45) is 5.59. The molecule has 0 aliphatic carbocycles. The molecule has 186 valence electrons. The van der Waals surface area contributed by atoms with Crippen molar-refractivity contribution < 1.29 is 13.9 Å². The zero-order valence-corrected chi connectivity index (χ0v) is 20.9. The Morgan fingerprint density at radius 3 is 2.72 bits per heavy atom. The van der Waals surface area contributed by atoms with Crippen molar-refractivity contribution in [1.29, 1.82) is 0 Å². The molecule has 4 aromatic rings. The van der Waals surface area contributed by atoms with Crippen LogP contribution in [0.1, 0.15) is 24.0 Å². The van der Waals surface area contributed by atoms with Crippen LogP contribution in [0.25, 0.3) is 11.0 Å². The predicted octanol–water partition coefficient (Wildman–Crippen LogP) is 5.46. The molecule has 6 nitrogen and oxygen atoms in total. The van der Waals surface area contributed by atoms with Crippen LogP contribution in [-0.2, 0) is 11.2 Å². The maximum atomic E-state index is 14.9. The first-order valence-electron chi connectivity index (χ1n) is 12.1. The van der Waals surface area contributed by atoms with E-state index in [4.69, 9.17) is 10.5 Å². The highest BCUT2D eigenvalue weighted by molar-refractivity contribution is 8.00. The minimum atomic E-state index is -0.711. The molecule has 1 aliphatic heterocycles. The van der Waals surface area contributed by atoms with Crippen LogP contribution in [0.3, 0.4) is 0 Å². The number of amides is 1. The van der Waals surface area contributed by atoms with Crippen LogP contribution in [0.2, 0.25) is 0 Å². The second kappa shape index (κ2) is 10.7. The molecule has 1 amide bonds. The average Bonchev–Trinajstić information content (AvgIpc) is 3.28. The summed E-state index contributed by atoms with van der Waals surface area (Å²) >= 11 is 1.87. The van der Waals surface area contributed by atoms with Crippen LogP contribution < -0.4 is 10.5 Å². The fourth-order valence-electron chi connectivity index (χ4n) is 4.60. The largest absolute Gasteiger partial charge is 0.453 e.